The minimum absolute atomic E-state index is 0.110. The summed E-state index contributed by atoms with van der Waals surface area (Å²) in [4.78, 5) is 21.2. The molecule has 3 aromatic rings. The number of hydrogen-bond donors (Lipinski definition) is 0. The molecule has 1 unspecified atom stereocenters. The van der Waals surface area contributed by atoms with Gasteiger partial charge in [0.15, 0.2) is 17.6 Å². The number of aromatic nitrogens is 4. The van der Waals surface area contributed by atoms with E-state index in [1.807, 2.05) is 44.4 Å². The van der Waals surface area contributed by atoms with Gasteiger partial charge in [0.05, 0.1) is 6.42 Å². The Kier molecular flexibility index (Phi) is 5.08. The van der Waals surface area contributed by atoms with Crippen molar-refractivity contribution in [3.05, 3.63) is 41.2 Å². The average molecular weight is 400 g/mol. The largest absolute Gasteiger partial charge is 0.486 e. The zero-order valence-electron chi connectivity index (χ0n) is 15.8. The smallest absolute Gasteiger partial charge is 0.310 e. The number of benzene rings is 1. The van der Waals surface area contributed by atoms with Crippen molar-refractivity contribution in [1.82, 2.24) is 19.6 Å². The summed E-state index contributed by atoms with van der Waals surface area (Å²) in [5.74, 6) is 1.54. The van der Waals surface area contributed by atoms with Crippen LogP contribution in [-0.2, 0) is 16.0 Å². The molecule has 1 aliphatic heterocycles. The Bertz CT molecular complexity index is 1040. The summed E-state index contributed by atoms with van der Waals surface area (Å²) in [6.45, 7) is 4.23. The minimum atomic E-state index is -0.347. The van der Waals surface area contributed by atoms with Crippen LogP contribution in [0.1, 0.15) is 17.0 Å². The molecule has 28 heavy (non-hydrogen) atoms. The summed E-state index contributed by atoms with van der Waals surface area (Å²) in [6.07, 6.45) is 1.69. The van der Waals surface area contributed by atoms with Gasteiger partial charge in [0.1, 0.15) is 13.2 Å². The van der Waals surface area contributed by atoms with Gasteiger partial charge >= 0.3 is 5.97 Å². The van der Waals surface area contributed by atoms with E-state index in [4.69, 9.17) is 14.2 Å². The maximum atomic E-state index is 12.4. The molecule has 0 saturated carbocycles. The van der Waals surface area contributed by atoms with Crippen molar-refractivity contribution in [2.45, 2.75) is 31.5 Å². The van der Waals surface area contributed by atoms with Gasteiger partial charge in [-0.1, -0.05) is 23.9 Å². The molecule has 4 rings (SSSR count). The van der Waals surface area contributed by atoms with Crippen molar-refractivity contribution in [3.8, 4) is 11.5 Å². The molecule has 0 amide bonds. The zero-order valence-corrected chi connectivity index (χ0v) is 16.7. The first-order valence-electron chi connectivity index (χ1n) is 8.86. The molecule has 0 radical (unpaired) electrons. The summed E-state index contributed by atoms with van der Waals surface area (Å²) in [5.41, 5.74) is 2.37. The van der Waals surface area contributed by atoms with E-state index in [0.29, 0.717) is 29.0 Å². The SMILES string of the molecule is CSc1nc2nc(C)c(CC(=O)OCC3COc4ccccc4O3)c(C)n2n1. The highest BCUT2D eigenvalue weighted by atomic mass is 32.2. The van der Waals surface area contributed by atoms with Crippen molar-refractivity contribution < 1.29 is 19.0 Å². The normalized spacial score (nSPS) is 15.6. The van der Waals surface area contributed by atoms with Gasteiger partial charge in [-0.25, -0.2) is 9.50 Å². The van der Waals surface area contributed by atoms with Gasteiger partial charge in [-0.2, -0.15) is 4.98 Å². The molecule has 146 valence electrons. The predicted octanol–water partition coefficient (Wildman–Crippen LogP) is 2.39. The van der Waals surface area contributed by atoms with E-state index in [1.54, 1.807) is 4.52 Å². The second-order valence-corrected chi connectivity index (χ2v) is 7.20. The Morgan fingerprint density at radius 3 is 2.86 bits per heavy atom. The van der Waals surface area contributed by atoms with Crippen molar-refractivity contribution >= 4 is 23.5 Å². The van der Waals surface area contributed by atoms with Crippen LogP contribution in [0, 0.1) is 13.8 Å². The Morgan fingerprint density at radius 1 is 1.29 bits per heavy atom. The first kappa shape index (κ1) is 18.5. The van der Waals surface area contributed by atoms with Gasteiger partial charge in [-0.05, 0) is 32.2 Å². The Morgan fingerprint density at radius 2 is 2.07 bits per heavy atom. The van der Waals surface area contributed by atoms with Crippen LogP contribution in [0.5, 0.6) is 11.5 Å². The zero-order chi connectivity index (χ0) is 19.7. The number of para-hydroxylation sites is 2. The number of carbonyl (C=O) groups is 1. The van der Waals surface area contributed by atoms with E-state index >= 15 is 0 Å². The Hall–Kier alpha value is -2.81. The van der Waals surface area contributed by atoms with Crippen LogP contribution in [0.4, 0.5) is 0 Å². The lowest BCUT2D eigenvalue weighted by Crippen LogP contribution is -2.34. The fourth-order valence-corrected chi connectivity index (χ4v) is 3.40. The number of hydrogen-bond acceptors (Lipinski definition) is 8. The van der Waals surface area contributed by atoms with Crippen LogP contribution in [-0.4, -0.2) is 51.1 Å². The number of ether oxygens (including phenoxy) is 3. The second kappa shape index (κ2) is 7.67. The van der Waals surface area contributed by atoms with Crippen molar-refractivity contribution in [2.24, 2.45) is 0 Å². The monoisotopic (exact) mass is 400 g/mol. The van der Waals surface area contributed by atoms with Gasteiger partial charge in [0.25, 0.3) is 5.78 Å². The molecule has 2 aromatic heterocycles. The number of fused-ring (bicyclic) bond motifs is 2. The molecule has 9 heteroatoms. The van der Waals surface area contributed by atoms with Gasteiger partial charge in [0, 0.05) is 17.0 Å². The molecule has 1 aliphatic rings. The highest BCUT2D eigenvalue weighted by Gasteiger charge is 2.23. The third kappa shape index (κ3) is 3.62. The summed E-state index contributed by atoms with van der Waals surface area (Å²) in [7, 11) is 0. The number of aryl methyl sites for hydroxylation is 2. The van der Waals surface area contributed by atoms with Gasteiger partial charge < -0.3 is 14.2 Å². The van der Waals surface area contributed by atoms with E-state index in [9.17, 15) is 4.79 Å². The molecule has 3 heterocycles. The molecular formula is C19H20N4O4S. The van der Waals surface area contributed by atoms with E-state index in [2.05, 4.69) is 15.1 Å². The topological polar surface area (TPSA) is 87.8 Å². The summed E-state index contributed by atoms with van der Waals surface area (Å²) in [6, 6.07) is 7.43. The number of rotatable bonds is 5. The standard InChI is InChI=1S/C19H20N4O4S/c1-11-14(12(2)23-18(20-11)21-19(22-23)28-3)8-17(24)26-10-13-9-25-15-6-4-5-7-16(15)27-13/h4-7,13H,8-10H2,1-3H3. The van der Waals surface area contributed by atoms with Crippen molar-refractivity contribution in [3.63, 3.8) is 0 Å². The first-order chi connectivity index (χ1) is 13.5. The Labute approximate surface area is 166 Å². The third-order valence-corrected chi connectivity index (χ3v) is 5.07. The van der Waals surface area contributed by atoms with Crippen LogP contribution in [0.15, 0.2) is 29.4 Å². The molecular weight excluding hydrogens is 380 g/mol. The fraction of sp³-hybridized carbons (Fsp3) is 0.368. The molecule has 0 spiro atoms. The lowest BCUT2D eigenvalue weighted by Gasteiger charge is -2.26. The maximum Gasteiger partial charge on any atom is 0.310 e. The molecule has 0 bridgehead atoms. The lowest BCUT2D eigenvalue weighted by atomic mass is 10.1. The fourth-order valence-electron chi connectivity index (χ4n) is 3.06. The third-order valence-electron chi connectivity index (χ3n) is 4.53. The van der Waals surface area contributed by atoms with E-state index < -0.39 is 0 Å². The summed E-state index contributed by atoms with van der Waals surface area (Å²) >= 11 is 1.45. The van der Waals surface area contributed by atoms with Crippen LogP contribution < -0.4 is 9.47 Å². The van der Waals surface area contributed by atoms with Gasteiger partial charge in [0.2, 0.25) is 5.16 Å². The molecule has 8 nitrogen and oxygen atoms in total. The highest BCUT2D eigenvalue weighted by molar-refractivity contribution is 7.98. The molecule has 0 aliphatic carbocycles. The highest BCUT2D eigenvalue weighted by Crippen LogP contribution is 2.30. The lowest BCUT2D eigenvalue weighted by molar-refractivity contribution is -0.146. The number of esters is 1. The molecule has 0 fully saturated rings. The second-order valence-electron chi connectivity index (χ2n) is 6.43. The van der Waals surface area contributed by atoms with Crippen LogP contribution in [0.25, 0.3) is 5.78 Å². The van der Waals surface area contributed by atoms with Crippen LogP contribution >= 0.6 is 11.8 Å². The van der Waals surface area contributed by atoms with Crippen LogP contribution in [0.3, 0.4) is 0 Å². The van der Waals surface area contributed by atoms with E-state index in [0.717, 1.165) is 17.0 Å². The Balaban J connectivity index is 1.41. The van der Waals surface area contributed by atoms with Gasteiger partial charge in [-0.15, -0.1) is 5.10 Å². The van der Waals surface area contributed by atoms with Crippen molar-refractivity contribution in [1.29, 1.82) is 0 Å². The number of carbonyl (C=O) groups excluding carboxylic acids is 1. The first-order valence-corrected chi connectivity index (χ1v) is 10.1. The predicted molar refractivity (Wildman–Crippen MR) is 103 cm³/mol. The average Bonchev–Trinajstić information content (AvgIpc) is 3.12. The number of nitrogens with zero attached hydrogens (tertiary/aromatic N) is 4. The van der Waals surface area contributed by atoms with Crippen molar-refractivity contribution in [2.75, 3.05) is 19.5 Å². The summed E-state index contributed by atoms with van der Waals surface area (Å²) < 4.78 is 18.5. The molecule has 1 aromatic carbocycles. The van der Waals surface area contributed by atoms with Gasteiger partial charge in [-0.3, -0.25) is 4.79 Å². The van der Waals surface area contributed by atoms with Crippen LogP contribution in [0.2, 0.25) is 0 Å². The number of thioether (sulfide) groups is 1. The minimum Gasteiger partial charge on any atom is -0.486 e. The molecule has 1 atom stereocenters. The van der Waals surface area contributed by atoms with E-state index in [1.165, 1.54) is 11.8 Å². The summed E-state index contributed by atoms with van der Waals surface area (Å²) in [5, 5.41) is 5.04. The maximum absolute atomic E-state index is 12.4. The molecule has 0 N–H and O–H groups in total. The quantitative estimate of drug-likeness (QED) is 0.477. The molecule has 0 saturated heterocycles. The van der Waals surface area contributed by atoms with E-state index in [-0.39, 0.29) is 25.1 Å².